The fourth-order valence-corrected chi connectivity index (χ4v) is 8.66. The average molecular weight is 562 g/mol. The Morgan fingerprint density at radius 3 is 2.67 bits per heavy atom. The highest BCUT2D eigenvalue weighted by molar-refractivity contribution is 8.16. The standard InChI is InChI=1S/C26H22Cl2N2O4S2/c1-16-5-4-7-19(11-16)34-23-10-9-18(27)13-21(23)30-22-14-36(32,33)15-24(22)35-26(30)29-25(31)12-17-6-2-3-8-20(17)28/h2-11,13,22,24H,12,14-15H2,1H3. The van der Waals surface area contributed by atoms with Crippen LogP contribution >= 0.6 is 35.0 Å². The maximum Gasteiger partial charge on any atom is 0.252 e. The molecule has 2 atom stereocenters. The number of amides is 1. The summed E-state index contributed by atoms with van der Waals surface area (Å²) in [6.07, 6.45) is 0.0351. The maximum atomic E-state index is 13.0. The highest BCUT2D eigenvalue weighted by atomic mass is 35.5. The number of fused-ring (bicyclic) bond motifs is 1. The summed E-state index contributed by atoms with van der Waals surface area (Å²) in [6, 6.07) is 19.5. The summed E-state index contributed by atoms with van der Waals surface area (Å²) in [6.45, 7) is 1.97. The van der Waals surface area contributed by atoms with Gasteiger partial charge in [0.25, 0.3) is 5.91 Å². The Morgan fingerprint density at radius 2 is 1.89 bits per heavy atom. The number of aryl methyl sites for hydroxylation is 1. The van der Waals surface area contributed by atoms with Crippen molar-refractivity contribution >= 4 is 61.6 Å². The Morgan fingerprint density at radius 1 is 1.08 bits per heavy atom. The van der Waals surface area contributed by atoms with E-state index in [1.165, 1.54) is 11.8 Å². The Hall–Kier alpha value is -2.52. The summed E-state index contributed by atoms with van der Waals surface area (Å²) < 4.78 is 31.2. The molecule has 10 heteroatoms. The molecule has 3 aromatic rings. The topological polar surface area (TPSA) is 76.0 Å². The van der Waals surface area contributed by atoms with E-state index in [2.05, 4.69) is 4.99 Å². The Bertz CT molecular complexity index is 1480. The molecule has 36 heavy (non-hydrogen) atoms. The van der Waals surface area contributed by atoms with E-state index in [9.17, 15) is 13.2 Å². The fraction of sp³-hybridized carbons (Fsp3) is 0.231. The SMILES string of the molecule is Cc1cccc(Oc2ccc(Cl)cc2N2C(=NC(=O)Cc3ccccc3Cl)SC3CS(=O)(=O)CC32)c1. The number of sulfone groups is 1. The lowest BCUT2D eigenvalue weighted by Gasteiger charge is -2.27. The van der Waals surface area contributed by atoms with Crippen LogP contribution in [0.25, 0.3) is 0 Å². The minimum absolute atomic E-state index is 0.0190. The second-order valence-corrected chi connectivity index (χ2v) is 13.0. The smallest absolute Gasteiger partial charge is 0.252 e. The Labute approximate surface area is 224 Å². The summed E-state index contributed by atoms with van der Waals surface area (Å²) in [5.41, 5.74) is 2.27. The first-order chi connectivity index (χ1) is 17.2. The monoisotopic (exact) mass is 560 g/mol. The van der Waals surface area contributed by atoms with Gasteiger partial charge < -0.3 is 9.64 Å². The minimum Gasteiger partial charge on any atom is -0.455 e. The van der Waals surface area contributed by atoms with E-state index in [1.807, 2.05) is 37.3 Å². The quantitative estimate of drug-likeness (QED) is 0.384. The van der Waals surface area contributed by atoms with E-state index in [0.717, 1.165) is 5.56 Å². The van der Waals surface area contributed by atoms with Crippen molar-refractivity contribution in [2.75, 3.05) is 16.4 Å². The van der Waals surface area contributed by atoms with Crippen LogP contribution < -0.4 is 9.64 Å². The third kappa shape index (κ3) is 5.42. The number of rotatable bonds is 5. The molecule has 0 aromatic heterocycles. The van der Waals surface area contributed by atoms with Crippen molar-refractivity contribution in [1.82, 2.24) is 0 Å². The highest BCUT2D eigenvalue weighted by Crippen LogP contribution is 2.45. The lowest BCUT2D eigenvalue weighted by atomic mass is 10.1. The average Bonchev–Trinajstić information content (AvgIpc) is 3.27. The van der Waals surface area contributed by atoms with Crippen LogP contribution in [0.1, 0.15) is 11.1 Å². The van der Waals surface area contributed by atoms with Crippen LogP contribution in [0, 0.1) is 6.92 Å². The second kappa shape index (κ2) is 10.1. The molecule has 0 spiro atoms. The van der Waals surface area contributed by atoms with Gasteiger partial charge in [0.1, 0.15) is 5.75 Å². The van der Waals surface area contributed by atoms with E-state index < -0.39 is 15.9 Å². The maximum absolute atomic E-state index is 13.0. The molecule has 2 unspecified atom stereocenters. The third-order valence-electron chi connectivity index (χ3n) is 5.98. The number of aliphatic imine (C=N–C) groups is 1. The van der Waals surface area contributed by atoms with Crippen LogP contribution in [-0.4, -0.2) is 42.3 Å². The number of hydrogen-bond acceptors (Lipinski definition) is 5. The van der Waals surface area contributed by atoms with Gasteiger partial charge >= 0.3 is 0 Å². The Kier molecular flexibility index (Phi) is 7.05. The molecule has 186 valence electrons. The fourth-order valence-electron chi connectivity index (χ4n) is 4.37. The van der Waals surface area contributed by atoms with E-state index >= 15 is 0 Å². The van der Waals surface area contributed by atoms with Crippen molar-refractivity contribution < 1.29 is 17.9 Å². The molecule has 2 aliphatic rings. The molecule has 5 rings (SSSR count). The van der Waals surface area contributed by atoms with Gasteiger partial charge in [-0.2, -0.15) is 4.99 Å². The summed E-state index contributed by atoms with van der Waals surface area (Å²) in [5.74, 6) is 0.724. The van der Waals surface area contributed by atoms with E-state index in [0.29, 0.717) is 38.0 Å². The van der Waals surface area contributed by atoms with E-state index in [4.69, 9.17) is 27.9 Å². The molecule has 0 saturated carbocycles. The Balaban J connectivity index is 1.54. The number of hydrogen-bond donors (Lipinski definition) is 0. The number of halogens is 2. The van der Waals surface area contributed by atoms with Crippen molar-refractivity contribution in [3.8, 4) is 11.5 Å². The van der Waals surface area contributed by atoms with Gasteiger partial charge in [0.15, 0.2) is 20.8 Å². The molecule has 1 amide bonds. The lowest BCUT2D eigenvalue weighted by Crippen LogP contribution is -2.38. The molecular weight excluding hydrogens is 539 g/mol. The summed E-state index contributed by atoms with van der Waals surface area (Å²) >= 11 is 13.9. The molecule has 3 aromatic carbocycles. The molecule has 6 nitrogen and oxygen atoms in total. The van der Waals surface area contributed by atoms with Crippen molar-refractivity contribution in [3.63, 3.8) is 0 Å². The number of ether oxygens (including phenoxy) is 1. The molecule has 0 radical (unpaired) electrons. The molecule has 2 fully saturated rings. The van der Waals surface area contributed by atoms with Crippen LogP contribution in [-0.2, 0) is 21.1 Å². The van der Waals surface area contributed by atoms with Crippen LogP contribution in [0.5, 0.6) is 11.5 Å². The van der Waals surface area contributed by atoms with Crippen LogP contribution in [0.3, 0.4) is 0 Å². The van der Waals surface area contributed by atoms with Gasteiger partial charge in [-0.1, -0.05) is 65.3 Å². The zero-order chi connectivity index (χ0) is 25.4. The number of thioether (sulfide) groups is 1. The van der Waals surface area contributed by atoms with Crippen LogP contribution in [0.15, 0.2) is 71.7 Å². The molecule has 0 N–H and O–H groups in total. The van der Waals surface area contributed by atoms with Gasteiger partial charge in [0, 0.05) is 15.3 Å². The molecular formula is C26H22Cl2N2O4S2. The number of carbonyl (C=O) groups excluding carboxylic acids is 1. The first kappa shape index (κ1) is 25.1. The molecule has 0 aliphatic carbocycles. The first-order valence-electron chi connectivity index (χ1n) is 11.2. The van der Waals surface area contributed by atoms with E-state index in [1.54, 1.807) is 41.3 Å². The summed E-state index contributed by atoms with van der Waals surface area (Å²) in [4.78, 5) is 19.2. The summed E-state index contributed by atoms with van der Waals surface area (Å²) in [7, 11) is -3.23. The first-order valence-corrected chi connectivity index (χ1v) is 14.7. The predicted octanol–water partition coefficient (Wildman–Crippen LogP) is 5.94. The minimum atomic E-state index is -3.23. The number of carbonyl (C=O) groups is 1. The van der Waals surface area contributed by atoms with Crippen molar-refractivity contribution in [2.45, 2.75) is 24.6 Å². The zero-order valence-electron chi connectivity index (χ0n) is 19.2. The lowest BCUT2D eigenvalue weighted by molar-refractivity contribution is -0.117. The summed E-state index contributed by atoms with van der Waals surface area (Å²) in [5, 5.41) is 1.12. The predicted molar refractivity (Wildman–Crippen MR) is 147 cm³/mol. The van der Waals surface area contributed by atoms with Crippen LogP contribution in [0.4, 0.5) is 5.69 Å². The van der Waals surface area contributed by atoms with Crippen molar-refractivity contribution in [2.24, 2.45) is 4.99 Å². The number of nitrogens with zero attached hydrogens (tertiary/aromatic N) is 2. The van der Waals surface area contributed by atoms with Crippen molar-refractivity contribution in [1.29, 1.82) is 0 Å². The van der Waals surface area contributed by atoms with Gasteiger partial charge in [-0.3, -0.25) is 4.79 Å². The molecule has 0 bridgehead atoms. The molecule has 2 heterocycles. The number of benzene rings is 3. The van der Waals surface area contributed by atoms with Crippen LogP contribution in [0.2, 0.25) is 10.0 Å². The van der Waals surface area contributed by atoms with Gasteiger partial charge in [0.2, 0.25) is 0 Å². The normalized spacial score (nSPS) is 21.5. The van der Waals surface area contributed by atoms with Gasteiger partial charge in [0.05, 0.1) is 29.7 Å². The highest BCUT2D eigenvalue weighted by Gasteiger charge is 2.50. The van der Waals surface area contributed by atoms with Gasteiger partial charge in [-0.05, 0) is 54.4 Å². The van der Waals surface area contributed by atoms with Crippen molar-refractivity contribution in [3.05, 3.63) is 87.9 Å². The largest absolute Gasteiger partial charge is 0.455 e. The van der Waals surface area contributed by atoms with E-state index in [-0.39, 0.29) is 29.1 Å². The molecule has 2 saturated heterocycles. The van der Waals surface area contributed by atoms with Gasteiger partial charge in [-0.25, -0.2) is 8.42 Å². The third-order valence-corrected chi connectivity index (χ3v) is 9.80. The molecule has 2 aliphatic heterocycles. The number of anilines is 1. The second-order valence-electron chi connectivity index (χ2n) is 8.76. The van der Waals surface area contributed by atoms with Gasteiger partial charge in [-0.15, -0.1) is 0 Å². The zero-order valence-corrected chi connectivity index (χ0v) is 22.4. The number of amidine groups is 1.